The Kier molecular flexibility index (Phi) is 7.56. The smallest absolute Gasteiger partial charge is 0.126 e. The summed E-state index contributed by atoms with van der Waals surface area (Å²) in [7, 11) is 0. The fourth-order valence-corrected chi connectivity index (χ4v) is 3.71. The van der Waals surface area contributed by atoms with E-state index in [9.17, 15) is 10.2 Å². The predicted molar refractivity (Wildman–Crippen MR) is 111 cm³/mol. The van der Waals surface area contributed by atoms with Gasteiger partial charge >= 0.3 is 0 Å². The number of phenols is 2. The molecule has 0 amide bonds. The highest BCUT2D eigenvalue weighted by Gasteiger charge is 2.15. The second-order valence-electron chi connectivity index (χ2n) is 7.29. The standard InChI is InChI=1S/C24H34O2/c1-5-9-17-13-18(10-6-2)24(26)22(14-17)21-15-19(11-7-3)23(25)20(16-21)12-8-4/h13-16,25-26H,5-12H2,1-4H3. The molecule has 2 rings (SSSR count). The lowest BCUT2D eigenvalue weighted by Gasteiger charge is -2.16. The van der Waals surface area contributed by atoms with Crippen LogP contribution in [0.3, 0.4) is 0 Å². The summed E-state index contributed by atoms with van der Waals surface area (Å²) in [5.74, 6) is 0.845. The van der Waals surface area contributed by atoms with Gasteiger partial charge in [-0.3, -0.25) is 0 Å². The first-order chi connectivity index (χ1) is 12.5. The van der Waals surface area contributed by atoms with Crippen molar-refractivity contribution in [3.05, 3.63) is 46.5 Å². The maximum absolute atomic E-state index is 10.9. The number of hydrogen-bond acceptors (Lipinski definition) is 2. The Morgan fingerprint density at radius 2 is 1.04 bits per heavy atom. The van der Waals surface area contributed by atoms with Crippen LogP contribution in [0.2, 0.25) is 0 Å². The molecule has 2 aromatic carbocycles. The molecule has 0 spiro atoms. The molecule has 0 aliphatic carbocycles. The minimum absolute atomic E-state index is 0.405. The fraction of sp³-hybridized carbons (Fsp3) is 0.500. The number of aryl methyl sites for hydroxylation is 4. The topological polar surface area (TPSA) is 40.5 Å². The first kappa shape index (κ1) is 20.4. The normalized spacial score (nSPS) is 11.1. The maximum atomic E-state index is 10.9. The molecular weight excluding hydrogens is 320 g/mol. The van der Waals surface area contributed by atoms with Gasteiger partial charge in [-0.05, 0) is 71.7 Å². The first-order valence-corrected chi connectivity index (χ1v) is 10.2. The summed E-state index contributed by atoms with van der Waals surface area (Å²) in [5.41, 5.74) is 6.25. The Hall–Kier alpha value is -1.96. The third kappa shape index (κ3) is 4.60. The van der Waals surface area contributed by atoms with Crippen LogP contribution in [0.4, 0.5) is 0 Å². The SMILES string of the molecule is CCCc1cc(CCC)c(O)c(-c2cc(CCC)c(O)c(CCC)c2)c1. The summed E-state index contributed by atoms with van der Waals surface area (Å²) < 4.78 is 0. The summed E-state index contributed by atoms with van der Waals surface area (Å²) in [4.78, 5) is 0. The van der Waals surface area contributed by atoms with Crippen LogP contribution in [0.5, 0.6) is 11.5 Å². The van der Waals surface area contributed by atoms with E-state index >= 15 is 0 Å². The molecule has 0 saturated heterocycles. The van der Waals surface area contributed by atoms with Crippen LogP contribution in [0.1, 0.15) is 75.6 Å². The quantitative estimate of drug-likeness (QED) is 0.534. The van der Waals surface area contributed by atoms with Gasteiger partial charge in [0.1, 0.15) is 11.5 Å². The Labute approximate surface area is 158 Å². The van der Waals surface area contributed by atoms with Crippen molar-refractivity contribution < 1.29 is 10.2 Å². The minimum atomic E-state index is 0.405. The zero-order chi connectivity index (χ0) is 19.1. The van der Waals surface area contributed by atoms with Gasteiger partial charge < -0.3 is 10.2 Å². The molecule has 2 nitrogen and oxygen atoms in total. The van der Waals surface area contributed by atoms with Gasteiger partial charge in [0.05, 0.1) is 0 Å². The molecule has 0 aliphatic rings. The first-order valence-electron chi connectivity index (χ1n) is 10.2. The van der Waals surface area contributed by atoms with Gasteiger partial charge in [-0.15, -0.1) is 0 Å². The third-order valence-corrected chi connectivity index (χ3v) is 4.92. The van der Waals surface area contributed by atoms with Gasteiger partial charge in [0.2, 0.25) is 0 Å². The third-order valence-electron chi connectivity index (χ3n) is 4.92. The lowest BCUT2D eigenvalue weighted by molar-refractivity contribution is 0.459. The number of benzene rings is 2. The highest BCUT2D eigenvalue weighted by Crippen LogP contribution is 2.38. The lowest BCUT2D eigenvalue weighted by atomic mass is 9.91. The van der Waals surface area contributed by atoms with E-state index in [1.165, 1.54) is 5.56 Å². The molecule has 2 aromatic rings. The molecule has 0 unspecified atom stereocenters. The number of aromatic hydroxyl groups is 2. The van der Waals surface area contributed by atoms with E-state index in [0.29, 0.717) is 11.5 Å². The Morgan fingerprint density at radius 1 is 0.577 bits per heavy atom. The van der Waals surface area contributed by atoms with Crippen molar-refractivity contribution in [2.45, 2.75) is 79.1 Å². The highest BCUT2D eigenvalue weighted by molar-refractivity contribution is 5.75. The molecule has 26 heavy (non-hydrogen) atoms. The van der Waals surface area contributed by atoms with Gasteiger partial charge in [0, 0.05) is 5.56 Å². The summed E-state index contributed by atoms with van der Waals surface area (Å²) >= 11 is 0. The molecule has 0 saturated carbocycles. The Balaban J connectivity index is 2.65. The van der Waals surface area contributed by atoms with E-state index in [0.717, 1.165) is 79.2 Å². The molecule has 0 radical (unpaired) electrons. The molecule has 0 aromatic heterocycles. The van der Waals surface area contributed by atoms with Crippen molar-refractivity contribution in [1.82, 2.24) is 0 Å². The molecule has 0 atom stereocenters. The van der Waals surface area contributed by atoms with Crippen LogP contribution in [-0.2, 0) is 25.7 Å². The molecule has 2 N–H and O–H groups in total. The van der Waals surface area contributed by atoms with Gasteiger partial charge in [-0.1, -0.05) is 59.4 Å². The number of phenolic OH excluding ortho intramolecular Hbond substituents is 2. The second kappa shape index (κ2) is 9.66. The van der Waals surface area contributed by atoms with Gasteiger partial charge in [-0.25, -0.2) is 0 Å². The Morgan fingerprint density at radius 3 is 1.50 bits per heavy atom. The van der Waals surface area contributed by atoms with E-state index in [1.807, 2.05) is 0 Å². The van der Waals surface area contributed by atoms with Crippen molar-refractivity contribution >= 4 is 0 Å². The van der Waals surface area contributed by atoms with Crippen LogP contribution in [0, 0.1) is 0 Å². The summed E-state index contributed by atoms with van der Waals surface area (Å²) in [5, 5.41) is 21.5. The largest absolute Gasteiger partial charge is 0.507 e. The van der Waals surface area contributed by atoms with Crippen molar-refractivity contribution in [2.24, 2.45) is 0 Å². The summed E-state index contributed by atoms with van der Waals surface area (Å²) in [6.07, 6.45) is 7.70. The molecule has 0 aliphatic heterocycles. The fourth-order valence-electron chi connectivity index (χ4n) is 3.71. The van der Waals surface area contributed by atoms with Crippen molar-refractivity contribution in [3.8, 4) is 22.6 Å². The van der Waals surface area contributed by atoms with Gasteiger partial charge in [-0.2, -0.15) is 0 Å². The van der Waals surface area contributed by atoms with E-state index < -0.39 is 0 Å². The molecular formula is C24H34O2. The van der Waals surface area contributed by atoms with Crippen LogP contribution < -0.4 is 0 Å². The maximum Gasteiger partial charge on any atom is 0.126 e. The van der Waals surface area contributed by atoms with Gasteiger partial charge in [0.15, 0.2) is 0 Å². The zero-order valence-electron chi connectivity index (χ0n) is 16.9. The molecule has 0 heterocycles. The van der Waals surface area contributed by atoms with E-state index in [-0.39, 0.29) is 0 Å². The highest BCUT2D eigenvalue weighted by atomic mass is 16.3. The monoisotopic (exact) mass is 354 g/mol. The predicted octanol–water partition coefficient (Wildman–Crippen LogP) is 6.57. The number of rotatable bonds is 9. The average molecular weight is 355 g/mol. The zero-order valence-corrected chi connectivity index (χ0v) is 16.9. The van der Waals surface area contributed by atoms with Crippen LogP contribution >= 0.6 is 0 Å². The molecule has 0 bridgehead atoms. The minimum Gasteiger partial charge on any atom is -0.507 e. The van der Waals surface area contributed by atoms with E-state index in [1.54, 1.807) is 0 Å². The van der Waals surface area contributed by atoms with Gasteiger partial charge in [0.25, 0.3) is 0 Å². The molecule has 142 valence electrons. The van der Waals surface area contributed by atoms with Crippen molar-refractivity contribution in [1.29, 1.82) is 0 Å². The van der Waals surface area contributed by atoms with Crippen molar-refractivity contribution in [3.63, 3.8) is 0 Å². The van der Waals surface area contributed by atoms with E-state index in [2.05, 4.69) is 52.0 Å². The van der Waals surface area contributed by atoms with Crippen LogP contribution in [0.25, 0.3) is 11.1 Å². The Bertz CT molecular complexity index is 704. The van der Waals surface area contributed by atoms with Crippen molar-refractivity contribution in [2.75, 3.05) is 0 Å². The number of hydrogen-bond donors (Lipinski definition) is 2. The molecule has 2 heteroatoms. The molecule has 0 fully saturated rings. The van der Waals surface area contributed by atoms with E-state index in [4.69, 9.17) is 0 Å². The van der Waals surface area contributed by atoms with Crippen LogP contribution in [0.15, 0.2) is 24.3 Å². The lowest BCUT2D eigenvalue weighted by Crippen LogP contribution is -1.97. The summed E-state index contributed by atoms with van der Waals surface area (Å²) in [6.45, 7) is 8.59. The second-order valence-corrected chi connectivity index (χ2v) is 7.29. The van der Waals surface area contributed by atoms with Crippen LogP contribution in [-0.4, -0.2) is 10.2 Å². The average Bonchev–Trinajstić information content (AvgIpc) is 2.62. The summed E-state index contributed by atoms with van der Waals surface area (Å²) in [6, 6.07) is 8.43.